The summed E-state index contributed by atoms with van der Waals surface area (Å²) in [7, 11) is 3.03. The van der Waals surface area contributed by atoms with E-state index in [0.29, 0.717) is 29.4 Å². The SMILES string of the molecule is COc1ccc(C(=O)O)cc1SNc1cc(C(F)(F)F)ccc1N1CC(C)(OC)C1. The number of carbonyl (C=O) groups is 1. The maximum Gasteiger partial charge on any atom is 0.416 e. The maximum absolute atomic E-state index is 13.2. The summed E-state index contributed by atoms with van der Waals surface area (Å²) in [6.07, 6.45) is -4.49. The van der Waals surface area contributed by atoms with Crippen LogP contribution in [0.25, 0.3) is 0 Å². The monoisotopic (exact) mass is 442 g/mol. The molecule has 1 saturated heterocycles. The molecule has 10 heteroatoms. The van der Waals surface area contributed by atoms with Crippen molar-refractivity contribution in [2.75, 3.05) is 36.9 Å². The Kier molecular flexibility index (Phi) is 6.09. The number of carboxylic acids is 1. The number of ether oxygens (including phenoxy) is 2. The van der Waals surface area contributed by atoms with Gasteiger partial charge in [-0.1, -0.05) is 0 Å². The van der Waals surface area contributed by atoms with Gasteiger partial charge in [0, 0.05) is 20.2 Å². The molecule has 30 heavy (non-hydrogen) atoms. The van der Waals surface area contributed by atoms with E-state index in [2.05, 4.69) is 4.72 Å². The highest BCUT2D eigenvalue weighted by atomic mass is 32.2. The first-order valence-corrected chi connectivity index (χ1v) is 9.73. The van der Waals surface area contributed by atoms with Gasteiger partial charge in [-0.3, -0.25) is 0 Å². The highest BCUT2D eigenvalue weighted by Crippen LogP contribution is 2.41. The number of alkyl halides is 3. The largest absolute Gasteiger partial charge is 0.496 e. The number of hydrogen-bond donors (Lipinski definition) is 2. The molecule has 2 N–H and O–H groups in total. The number of nitrogens with one attached hydrogen (secondary N) is 1. The van der Waals surface area contributed by atoms with Crippen LogP contribution in [0.5, 0.6) is 5.75 Å². The summed E-state index contributed by atoms with van der Waals surface area (Å²) in [5.74, 6) is -0.708. The van der Waals surface area contributed by atoms with Crippen molar-refractivity contribution in [3.63, 3.8) is 0 Å². The molecule has 0 unspecified atom stereocenters. The van der Waals surface area contributed by atoms with Crippen LogP contribution in [0, 0.1) is 0 Å². The first-order valence-electron chi connectivity index (χ1n) is 8.92. The third kappa shape index (κ3) is 4.59. The van der Waals surface area contributed by atoms with Crippen LogP contribution < -0.4 is 14.4 Å². The van der Waals surface area contributed by atoms with Crippen molar-refractivity contribution in [1.82, 2.24) is 0 Å². The summed E-state index contributed by atoms with van der Waals surface area (Å²) in [4.78, 5) is 13.6. The molecule has 0 amide bonds. The quantitative estimate of drug-likeness (QED) is 0.600. The summed E-state index contributed by atoms with van der Waals surface area (Å²) in [5.41, 5.74) is -0.237. The van der Waals surface area contributed by atoms with Gasteiger partial charge in [0.25, 0.3) is 0 Å². The topological polar surface area (TPSA) is 71.0 Å². The van der Waals surface area contributed by atoms with Crippen LogP contribution in [0.4, 0.5) is 24.5 Å². The van der Waals surface area contributed by atoms with Gasteiger partial charge in [0.2, 0.25) is 0 Å². The van der Waals surface area contributed by atoms with Crippen LogP contribution in [-0.2, 0) is 10.9 Å². The third-order valence-electron chi connectivity index (χ3n) is 4.89. The van der Waals surface area contributed by atoms with Crippen molar-refractivity contribution in [2.45, 2.75) is 23.6 Å². The molecule has 1 aliphatic heterocycles. The van der Waals surface area contributed by atoms with Crippen molar-refractivity contribution in [2.24, 2.45) is 0 Å². The second kappa shape index (κ2) is 8.27. The van der Waals surface area contributed by atoms with E-state index < -0.39 is 17.7 Å². The zero-order valence-electron chi connectivity index (χ0n) is 16.5. The lowest BCUT2D eigenvalue weighted by Crippen LogP contribution is -2.61. The Labute approximate surface area is 176 Å². The molecule has 0 spiro atoms. The van der Waals surface area contributed by atoms with Crippen molar-refractivity contribution < 1.29 is 32.5 Å². The van der Waals surface area contributed by atoms with E-state index in [-0.39, 0.29) is 16.9 Å². The van der Waals surface area contributed by atoms with Crippen LogP contribution in [-0.4, -0.2) is 44.0 Å². The summed E-state index contributed by atoms with van der Waals surface area (Å²) in [6.45, 7) is 3.00. The number of hydrogen-bond acceptors (Lipinski definition) is 6. The number of anilines is 2. The normalized spacial score (nSPS) is 15.5. The second-order valence-electron chi connectivity index (χ2n) is 7.11. The van der Waals surface area contributed by atoms with Crippen LogP contribution in [0.2, 0.25) is 0 Å². The molecule has 162 valence electrons. The number of carboxylic acid groups (broad SMARTS) is 1. The van der Waals surface area contributed by atoms with Gasteiger partial charge in [0.15, 0.2) is 0 Å². The molecule has 1 aliphatic rings. The number of nitrogens with zero attached hydrogens (tertiary/aromatic N) is 1. The predicted octanol–water partition coefficient (Wildman–Crippen LogP) is 4.76. The number of methoxy groups -OCH3 is 2. The van der Waals surface area contributed by atoms with E-state index in [0.717, 1.165) is 24.1 Å². The molecule has 0 bridgehead atoms. The lowest BCUT2D eigenvalue weighted by molar-refractivity contribution is -0.137. The molecule has 2 aromatic carbocycles. The highest BCUT2D eigenvalue weighted by Gasteiger charge is 2.40. The fraction of sp³-hybridized carbons (Fsp3) is 0.350. The molecule has 3 rings (SSSR count). The average Bonchev–Trinajstić information content (AvgIpc) is 2.68. The Bertz CT molecular complexity index is 946. The first-order chi connectivity index (χ1) is 14.1. The molecule has 1 fully saturated rings. The van der Waals surface area contributed by atoms with Crippen molar-refractivity contribution in [1.29, 1.82) is 0 Å². The van der Waals surface area contributed by atoms with Gasteiger partial charge in [0.05, 0.1) is 40.1 Å². The number of benzene rings is 2. The van der Waals surface area contributed by atoms with Gasteiger partial charge < -0.3 is 24.2 Å². The number of aromatic carboxylic acids is 1. The van der Waals surface area contributed by atoms with E-state index in [9.17, 15) is 23.1 Å². The zero-order chi connectivity index (χ0) is 22.1. The Morgan fingerprint density at radius 3 is 2.47 bits per heavy atom. The highest BCUT2D eigenvalue weighted by molar-refractivity contribution is 8.00. The van der Waals surface area contributed by atoms with E-state index in [1.165, 1.54) is 31.4 Å². The van der Waals surface area contributed by atoms with Crippen LogP contribution >= 0.6 is 11.9 Å². The number of halogens is 3. The summed E-state index contributed by atoms with van der Waals surface area (Å²) in [5, 5.41) is 9.20. The van der Waals surface area contributed by atoms with Crippen molar-refractivity contribution >= 4 is 29.3 Å². The fourth-order valence-electron chi connectivity index (χ4n) is 3.13. The zero-order valence-corrected chi connectivity index (χ0v) is 17.4. The number of rotatable bonds is 7. The van der Waals surface area contributed by atoms with E-state index in [1.807, 2.05) is 11.8 Å². The maximum atomic E-state index is 13.2. The van der Waals surface area contributed by atoms with Gasteiger partial charge in [-0.2, -0.15) is 13.2 Å². The van der Waals surface area contributed by atoms with Crippen molar-refractivity contribution in [3.05, 3.63) is 47.5 Å². The molecule has 0 atom stereocenters. The molecular weight excluding hydrogens is 421 g/mol. The lowest BCUT2D eigenvalue weighted by atomic mass is 9.95. The smallest absolute Gasteiger partial charge is 0.416 e. The Hall–Kier alpha value is -2.59. The Morgan fingerprint density at radius 1 is 1.20 bits per heavy atom. The molecule has 6 nitrogen and oxygen atoms in total. The minimum absolute atomic E-state index is 0.0444. The average molecular weight is 442 g/mol. The third-order valence-corrected chi connectivity index (χ3v) is 5.75. The van der Waals surface area contributed by atoms with Gasteiger partial charge in [-0.25, -0.2) is 4.79 Å². The van der Waals surface area contributed by atoms with Crippen LogP contribution in [0.15, 0.2) is 41.3 Å². The predicted molar refractivity (Wildman–Crippen MR) is 109 cm³/mol. The summed E-state index contributed by atoms with van der Waals surface area (Å²) < 4.78 is 53.3. The van der Waals surface area contributed by atoms with Crippen molar-refractivity contribution in [3.8, 4) is 5.75 Å². The standard InChI is InChI=1S/C20H21F3N2O4S/c1-19(29-3)10-25(11-19)15-6-5-13(20(21,22)23)9-14(15)24-30-17-8-12(18(26)27)4-7-16(17)28-2/h4-9,24H,10-11H2,1-3H3,(H,26,27). The fourth-order valence-corrected chi connectivity index (χ4v) is 3.95. The van der Waals surface area contributed by atoms with Gasteiger partial charge in [0.1, 0.15) is 5.75 Å². The Morgan fingerprint density at radius 2 is 1.90 bits per heavy atom. The molecular formula is C20H21F3N2O4S. The molecule has 0 aliphatic carbocycles. The van der Waals surface area contributed by atoms with E-state index in [1.54, 1.807) is 7.11 Å². The van der Waals surface area contributed by atoms with Crippen LogP contribution in [0.1, 0.15) is 22.8 Å². The molecule has 1 heterocycles. The molecule has 0 saturated carbocycles. The minimum atomic E-state index is -4.49. The second-order valence-corrected chi connectivity index (χ2v) is 7.96. The van der Waals surface area contributed by atoms with Crippen LogP contribution in [0.3, 0.4) is 0 Å². The molecule has 0 radical (unpaired) electrons. The summed E-state index contributed by atoms with van der Waals surface area (Å²) >= 11 is 0.984. The lowest BCUT2D eigenvalue weighted by Gasteiger charge is -2.48. The Balaban J connectivity index is 1.90. The van der Waals surface area contributed by atoms with Gasteiger partial charge in [-0.05, 0) is 55.3 Å². The minimum Gasteiger partial charge on any atom is -0.496 e. The summed E-state index contributed by atoms with van der Waals surface area (Å²) in [6, 6.07) is 7.80. The van der Waals surface area contributed by atoms with E-state index in [4.69, 9.17) is 9.47 Å². The van der Waals surface area contributed by atoms with Gasteiger partial charge in [-0.15, -0.1) is 0 Å². The van der Waals surface area contributed by atoms with Gasteiger partial charge >= 0.3 is 12.1 Å². The first kappa shape index (κ1) is 22.1. The molecule has 2 aromatic rings. The molecule has 0 aromatic heterocycles. The van der Waals surface area contributed by atoms with E-state index >= 15 is 0 Å².